The Kier molecular flexibility index (Phi) is 7.02. The van der Waals surface area contributed by atoms with Crippen LogP contribution in [0.3, 0.4) is 0 Å². The first-order valence-electron chi connectivity index (χ1n) is 8.29. The Hall–Kier alpha value is -3.02. The molecule has 0 saturated carbocycles. The molecule has 0 bridgehead atoms. The minimum Gasteiger partial charge on any atom is -0.493 e. The van der Waals surface area contributed by atoms with Crippen molar-refractivity contribution in [3.05, 3.63) is 59.7 Å². The minimum atomic E-state index is -0.479. The number of carbonyl (C=O) groups is 2. The van der Waals surface area contributed by atoms with Crippen LogP contribution in [0.2, 0.25) is 0 Å². The number of hydrogen-bond donors (Lipinski definition) is 0. The average molecular weight is 357 g/mol. The Morgan fingerprint density at radius 3 is 2.35 bits per heavy atom. The maximum atomic E-state index is 13.0. The van der Waals surface area contributed by atoms with Gasteiger partial charge in [-0.2, -0.15) is 0 Å². The number of nitrogens with zero attached hydrogens (tertiary/aromatic N) is 1. The summed E-state index contributed by atoms with van der Waals surface area (Å²) in [7, 11) is 2.84. The summed E-state index contributed by atoms with van der Waals surface area (Å²) in [5, 5.41) is 0. The van der Waals surface area contributed by atoms with Crippen LogP contribution in [0.1, 0.15) is 22.8 Å². The third-order valence-corrected chi connectivity index (χ3v) is 3.76. The van der Waals surface area contributed by atoms with Gasteiger partial charge in [0.1, 0.15) is 6.54 Å². The molecular formula is C20H23NO5. The van der Waals surface area contributed by atoms with E-state index in [2.05, 4.69) is 0 Å². The molecule has 6 heteroatoms. The summed E-state index contributed by atoms with van der Waals surface area (Å²) in [4.78, 5) is 26.2. The van der Waals surface area contributed by atoms with E-state index in [1.54, 1.807) is 18.2 Å². The maximum Gasteiger partial charge on any atom is 0.325 e. The summed E-state index contributed by atoms with van der Waals surface area (Å²) >= 11 is 0. The van der Waals surface area contributed by atoms with Crippen molar-refractivity contribution in [1.29, 1.82) is 0 Å². The van der Waals surface area contributed by atoms with Crippen molar-refractivity contribution in [2.24, 2.45) is 0 Å². The number of carbonyl (C=O) groups excluding carboxylic acids is 2. The number of ether oxygens (including phenoxy) is 3. The van der Waals surface area contributed by atoms with E-state index in [4.69, 9.17) is 14.2 Å². The van der Waals surface area contributed by atoms with Gasteiger partial charge >= 0.3 is 5.97 Å². The smallest absolute Gasteiger partial charge is 0.325 e. The highest BCUT2D eigenvalue weighted by Crippen LogP contribution is 2.28. The van der Waals surface area contributed by atoms with Gasteiger partial charge in [-0.15, -0.1) is 0 Å². The van der Waals surface area contributed by atoms with E-state index in [0.717, 1.165) is 5.56 Å². The number of hydrogen-bond acceptors (Lipinski definition) is 5. The molecule has 0 unspecified atom stereocenters. The monoisotopic (exact) mass is 357 g/mol. The maximum absolute atomic E-state index is 13.0. The fourth-order valence-corrected chi connectivity index (χ4v) is 2.48. The molecule has 0 saturated heterocycles. The van der Waals surface area contributed by atoms with Crippen LogP contribution in [-0.2, 0) is 16.1 Å². The predicted octanol–water partition coefficient (Wildman–Crippen LogP) is 2.91. The first kappa shape index (κ1) is 19.3. The highest BCUT2D eigenvalue weighted by molar-refractivity contribution is 5.96. The topological polar surface area (TPSA) is 65.1 Å². The molecular weight excluding hydrogens is 334 g/mol. The lowest BCUT2D eigenvalue weighted by Gasteiger charge is -2.22. The molecule has 0 aliphatic heterocycles. The van der Waals surface area contributed by atoms with Crippen LogP contribution in [0.4, 0.5) is 0 Å². The minimum absolute atomic E-state index is 0.139. The lowest BCUT2D eigenvalue weighted by atomic mass is 10.1. The van der Waals surface area contributed by atoms with E-state index in [0.29, 0.717) is 30.2 Å². The molecule has 0 fully saturated rings. The van der Waals surface area contributed by atoms with Crippen LogP contribution in [-0.4, -0.2) is 44.1 Å². The quantitative estimate of drug-likeness (QED) is 0.680. The molecule has 0 aliphatic carbocycles. The number of amides is 1. The summed E-state index contributed by atoms with van der Waals surface area (Å²) in [5.74, 6) is 0.264. The van der Waals surface area contributed by atoms with Gasteiger partial charge in [0, 0.05) is 12.1 Å². The Labute approximate surface area is 153 Å². The Morgan fingerprint density at radius 1 is 1.00 bits per heavy atom. The SMILES string of the molecule is CCOc1cc(C(=O)N(CC(=O)OC)Cc2ccccc2)ccc1OC. The summed E-state index contributed by atoms with van der Waals surface area (Å²) < 4.78 is 15.5. The van der Waals surface area contributed by atoms with E-state index in [9.17, 15) is 9.59 Å². The molecule has 1 amide bonds. The van der Waals surface area contributed by atoms with Crippen LogP contribution < -0.4 is 9.47 Å². The molecule has 2 aromatic carbocycles. The van der Waals surface area contributed by atoms with Crippen molar-refractivity contribution in [2.75, 3.05) is 27.4 Å². The van der Waals surface area contributed by atoms with Crippen molar-refractivity contribution >= 4 is 11.9 Å². The molecule has 2 aromatic rings. The first-order chi connectivity index (χ1) is 12.6. The van der Waals surface area contributed by atoms with Gasteiger partial charge in [0.15, 0.2) is 11.5 Å². The van der Waals surface area contributed by atoms with Crippen LogP contribution in [0.25, 0.3) is 0 Å². The van der Waals surface area contributed by atoms with Crippen LogP contribution >= 0.6 is 0 Å². The number of esters is 1. The van der Waals surface area contributed by atoms with Gasteiger partial charge in [-0.3, -0.25) is 9.59 Å². The lowest BCUT2D eigenvalue weighted by molar-refractivity contribution is -0.141. The molecule has 6 nitrogen and oxygen atoms in total. The molecule has 0 N–H and O–H groups in total. The van der Waals surface area contributed by atoms with Crippen molar-refractivity contribution in [3.63, 3.8) is 0 Å². The van der Waals surface area contributed by atoms with Gasteiger partial charge < -0.3 is 19.1 Å². The molecule has 0 atom stereocenters. The highest BCUT2D eigenvalue weighted by atomic mass is 16.5. The van der Waals surface area contributed by atoms with E-state index < -0.39 is 5.97 Å². The zero-order valence-electron chi connectivity index (χ0n) is 15.2. The Balaban J connectivity index is 2.29. The largest absolute Gasteiger partial charge is 0.493 e. The van der Waals surface area contributed by atoms with Crippen molar-refractivity contribution in [3.8, 4) is 11.5 Å². The number of methoxy groups -OCH3 is 2. The second-order valence-corrected chi connectivity index (χ2v) is 5.52. The van der Waals surface area contributed by atoms with Gasteiger partial charge in [-0.25, -0.2) is 0 Å². The summed E-state index contributed by atoms with van der Waals surface area (Å²) in [5.41, 5.74) is 1.33. The van der Waals surface area contributed by atoms with Crippen molar-refractivity contribution < 1.29 is 23.8 Å². The van der Waals surface area contributed by atoms with E-state index in [-0.39, 0.29) is 12.5 Å². The van der Waals surface area contributed by atoms with E-state index in [1.165, 1.54) is 19.1 Å². The normalized spacial score (nSPS) is 10.1. The molecule has 0 spiro atoms. The second-order valence-electron chi connectivity index (χ2n) is 5.52. The third-order valence-electron chi connectivity index (χ3n) is 3.76. The fraction of sp³-hybridized carbons (Fsp3) is 0.300. The van der Waals surface area contributed by atoms with Gasteiger partial charge in [0.05, 0.1) is 20.8 Å². The summed E-state index contributed by atoms with van der Waals surface area (Å²) in [6.45, 7) is 2.46. The van der Waals surface area contributed by atoms with Gasteiger partial charge in [0.2, 0.25) is 0 Å². The molecule has 2 rings (SSSR count). The highest BCUT2D eigenvalue weighted by Gasteiger charge is 2.21. The van der Waals surface area contributed by atoms with Gasteiger partial charge in [-0.05, 0) is 30.7 Å². The van der Waals surface area contributed by atoms with Crippen LogP contribution in [0.15, 0.2) is 48.5 Å². The summed E-state index contributed by atoms with van der Waals surface area (Å²) in [6.07, 6.45) is 0. The zero-order chi connectivity index (χ0) is 18.9. The zero-order valence-corrected chi connectivity index (χ0v) is 15.2. The molecule has 0 radical (unpaired) electrons. The van der Waals surface area contributed by atoms with E-state index >= 15 is 0 Å². The van der Waals surface area contributed by atoms with Crippen LogP contribution in [0, 0.1) is 0 Å². The Morgan fingerprint density at radius 2 is 1.73 bits per heavy atom. The van der Waals surface area contributed by atoms with Gasteiger partial charge in [0.25, 0.3) is 5.91 Å². The molecule has 0 aliphatic rings. The third kappa shape index (κ3) is 4.99. The van der Waals surface area contributed by atoms with Crippen LogP contribution in [0.5, 0.6) is 11.5 Å². The molecule has 0 heterocycles. The van der Waals surface area contributed by atoms with Crippen molar-refractivity contribution in [2.45, 2.75) is 13.5 Å². The summed E-state index contributed by atoms with van der Waals surface area (Å²) in [6, 6.07) is 14.4. The number of benzene rings is 2. The fourth-order valence-electron chi connectivity index (χ4n) is 2.48. The van der Waals surface area contributed by atoms with Gasteiger partial charge in [-0.1, -0.05) is 30.3 Å². The lowest BCUT2D eigenvalue weighted by Crippen LogP contribution is -2.35. The van der Waals surface area contributed by atoms with Crippen molar-refractivity contribution in [1.82, 2.24) is 4.90 Å². The Bertz CT molecular complexity index is 745. The molecule has 0 aromatic heterocycles. The predicted molar refractivity (Wildman–Crippen MR) is 97.4 cm³/mol. The standard InChI is InChI=1S/C20H23NO5/c1-4-26-18-12-16(10-11-17(18)24-2)20(23)21(14-19(22)25-3)13-15-8-6-5-7-9-15/h5-12H,4,13-14H2,1-3H3. The number of rotatable bonds is 8. The average Bonchev–Trinajstić information content (AvgIpc) is 2.67. The molecule has 26 heavy (non-hydrogen) atoms. The van der Waals surface area contributed by atoms with E-state index in [1.807, 2.05) is 37.3 Å². The molecule has 138 valence electrons. The first-order valence-corrected chi connectivity index (χ1v) is 8.29. The second kappa shape index (κ2) is 9.46.